The molecular formula is C13H14N2. The molecule has 2 heteroatoms. The zero-order valence-corrected chi connectivity index (χ0v) is 8.99. The Hall–Kier alpha value is -1.70. The lowest BCUT2D eigenvalue weighted by Crippen LogP contribution is -1.97. The predicted molar refractivity (Wildman–Crippen MR) is 64.2 cm³/mol. The van der Waals surface area contributed by atoms with Crippen LogP contribution in [0.15, 0.2) is 36.7 Å². The van der Waals surface area contributed by atoms with Crippen LogP contribution in [0.1, 0.15) is 19.9 Å². The molecule has 0 atom stereocenters. The van der Waals surface area contributed by atoms with Crippen molar-refractivity contribution in [1.82, 2.24) is 9.55 Å². The van der Waals surface area contributed by atoms with Gasteiger partial charge in [-0.3, -0.25) is 0 Å². The summed E-state index contributed by atoms with van der Waals surface area (Å²) in [5.41, 5.74) is 2.52. The van der Waals surface area contributed by atoms with E-state index in [0.717, 1.165) is 0 Å². The standard InChI is InChI=1S/C13H14N2/c1-9(2)15-6-4-11-7-10-3-5-14-12(10)8-13(11)15/h3-9,14H,1-2H3. The van der Waals surface area contributed by atoms with Gasteiger partial charge in [0.1, 0.15) is 0 Å². The molecule has 0 unspecified atom stereocenters. The molecule has 0 aliphatic rings. The highest BCUT2D eigenvalue weighted by molar-refractivity contribution is 5.95. The van der Waals surface area contributed by atoms with Gasteiger partial charge in [0.15, 0.2) is 0 Å². The van der Waals surface area contributed by atoms with Gasteiger partial charge in [-0.05, 0) is 38.1 Å². The quantitative estimate of drug-likeness (QED) is 0.615. The molecule has 2 nitrogen and oxygen atoms in total. The zero-order chi connectivity index (χ0) is 10.4. The highest BCUT2D eigenvalue weighted by Crippen LogP contribution is 2.25. The van der Waals surface area contributed by atoms with Crippen molar-refractivity contribution in [1.29, 1.82) is 0 Å². The van der Waals surface area contributed by atoms with Crippen molar-refractivity contribution in [2.24, 2.45) is 0 Å². The van der Waals surface area contributed by atoms with Crippen LogP contribution in [0.4, 0.5) is 0 Å². The summed E-state index contributed by atoms with van der Waals surface area (Å²) >= 11 is 0. The van der Waals surface area contributed by atoms with Gasteiger partial charge in [0.05, 0.1) is 5.52 Å². The molecule has 0 bridgehead atoms. The molecule has 0 amide bonds. The van der Waals surface area contributed by atoms with Gasteiger partial charge >= 0.3 is 0 Å². The molecule has 0 aliphatic carbocycles. The molecule has 0 spiro atoms. The van der Waals surface area contributed by atoms with Crippen molar-refractivity contribution in [3.05, 3.63) is 36.7 Å². The molecule has 2 heterocycles. The van der Waals surface area contributed by atoms with Crippen LogP contribution in [-0.4, -0.2) is 9.55 Å². The van der Waals surface area contributed by atoms with Gasteiger partial charge in [0.2, 0.25) is 0 Å². The SMILES string of the molecule is CC(C)n1ccc2cc3cc[nH]c3cc21. The Labute approximate surface area is 88.5 Å². The molecule has 1 aromatic carbocycles. The summed E-state index contributed by atoms with van der Waals surface area (Å²) in [6.07, 6.45) is 4.15. The monoisotopic (exact) mass is 198 g/mol. The fraction of sp³-hybridized carbons (Fsp3) is 0.231. The molecule has 0 aliphatic heterocycles. The van der Waals surface area contributed by atoms with Crippen LogP contribution in [0.5, 0.6) is 0 Å². The van der Waals surface area contributed by atoms with Crippen molar-refractivity contribution < 1.29 is 0 Å². The maximum Gasteiger partial charge on any atom is 0.0503 e. The highest BCUT2D eigenvalue weighted by Gasteiger charge is 2.05. The predicted octanol–water partition coefficient (Wildman–Crippen LogP) is 3.70. The minimum absolute atomic E-state index is 0.509. The summed E-state index contributed by atoms with van der Waals surface area (Å²) in [6, 6.07) is 9.27. The number of fused-ring (bicyclic) bond motifs is 2. The second-order valence-corrected chi connectivity index (χ2v) is 4.29. The van der Waals surface area contributed by atoms with Crippen LogP contribution in [0.2, 0.25) is 0 Å². The third-order valence-corrected chi connectivity index (χ3v) is 2.95. The molecule has 2 aromatic heterocycles. The summed E-state index contributed by atoms with van der Waals surface area (Å²) < 4.78 is 2.30. The van der Waals surface area contributed by atoms with Crippen LogP contribution < -0.4 is 0 Å². The fourth-order valence-electron chi connectivity index (χ4n) is 2.16. The molecule has 0 fully saturated rings. The summed E-state index contributed by atoms with van der Waals surface area (Å²) in [5, 5.41) is 2.60. The molecule has 0 radical (unpaired) electrons. The highest BCUT2D eigenvalue weighted by atomic mass is 15.0. The van der Waals surface area contributed by atoms with Crippen LogP contribution in [-0.2, 0) is 0 Å². The Balaban J connectivity index is 2.41. The molecule has 3 aromatic rings. The van der Waals surface area contributed by atoms with Gasteiger partial charge in [-0.1, -0.05) is 0 Å². The maximum absolute atomic E-state index is 3.25. The van der Waals surface area contributed by atoms with Gasteiger partial charge in [-0.25, -0.2) is 0 Å². The number of nitrogens with zero attached hydrogens (tertiary/aromatic N) is 1. The molecule has 0 saturated heterocycles. The molecule has 0 saturated carbocycles. The van der Waals surface area contributed by atoms with Gasteiger partial charge in [0, 0.05) is 34.7 Å². The molecule has 1 N–H and O–H groups in total. The van der Waals surface area contributed by atoms with Gasteiger partial charge in [-0.15, -0.1) is 0 Å². The number of H-pyrrole nitrogens is 1. The van der Waals surface area contributed by atoms with E-state index in [1.54, 1.807) is 0 Å². The van der Waals surface area contributed by atoms with E-state index < -0.39 is 0 Å². The first-order chi connectivity index (χ1) is 7.25. The van der Waals surface area contributed by atoms with E-state index in [-0.39, 0.29) is 0 Å². The summed E-state index contributed by atoms with van der Waals surface area (Å²) in [4.78, 5) is 3.25. The van der Waals surface area contributed by atoms with E-state index in [1.807, 2.05) is 6.20 Å². The molecular weight excluding hydrogens is 184 g/mol. The lowest BCUT2D eigenvalue weighted by molar-refractivity contribution is 0.623. The van der Waals surface area contributed by atoms with Crippen LogP contribution in [0, 0.1) is 0 Å². The first-order valence-corrected chi connectivity index (χ1v) is 5.33. The summed E-state index contributed by atoms with van der Waals surface area (Å²) in [5.74, 6) is 0. The second kappa shape index (κ2) is 2.89. The maximum atomic E-state index is 3.25. The van der Waals surface area contributed by atoms with Gasteiger partial charge in [-0.2, -0.15) is 0 Å². The minimum atomic E-state index is 0.509. The first kappa shape index (κ1) is 8.60. The number of aromatic nitrogens is 2. The number of rotatable bonds is 1. The Bertz CT molecular complexity index is 614. The van der Waals surface area contributed by atoms with E-state index in [0.29, 0.717) is 6.04 Å². The number of aromatic amines is 1. The van der Waals surface area contributed by atoms with Gasteiger partial charge in [0.25, 0.3) is 0 Å². The Kier molecular flexibility index (Phi) is 1.66. The third kappa shape index (κ3) is 1.18. The normalized spacial score (nSPS) is 11.9. The fourth-order valence-corrected chi connectivity index (χ4v) is 2.16. The number of benzene rings is 1. The number of hydrogen-bond donors (Lipinski definition) is 1. The van der Waals surface area contributed by atoms with E-state index >= 15 is 0 Å². The minimum Gasteiger partial charge on any atom is -0.361 e. The van der Waals surface area contributed by atoms with E-state index in [1.165, 1.54) is 21.8 Å². The van der Waals surface area contributed by atoms with Crippen LogP contribution in [0.25, 0.3) is 21.8 Å². The topological polar surface area (TPSA) is 20.7 Å². The third-order valence-electron chi connectivity index (χ3n) is 2.95. The van der Waals surface area contributed by atoms with Crippen LogP contribution in [0.3, 0.4) is 0 Å². The number of hydrogen-bond acceptors (Lipinski definition) is 0. The lowest BCUT2D eigenvalue weighted by atomic mass is 10.2. The van der Waals surface area contributed by atoms with E-state index in [9.17, 15) is 0 Å². The largest absolute Gasteiger partial charge is 0.361 e. The first-order valence-electron chi connectivity index (χ1n) is 5.33. The van der Waals surface area contributed by atoms with Crippen molar-refractivity contribution in [2.45, 2.75) is 19.9 Å². The molecule has 3 rings (SSSR count). The summed E-state index contributed by atoms with van der Waals surface area (Å²) in [6.45, 7) is 4.41. The summed E-state index contributed by atoms with van der Waals surface area (Å²) in [7, 11) is 0. The average molecular weight is 198 g/mol. The second-order valence-electron chi connectivity index (χ2n) is 4.29. The van der Waals surface area contributed by atoms with Crippen molar-refractivity contribution >= 4 is 21.8 Å². The average Bonchev–Trinajstić information content (AvgIpc) is 2.77. The lowest BCUT2D eigenvalue weighted by Gasteiger charge is -2.08. The van der Waals surface area contributed by atoms with E-state index in [4.69, 9.17) is 0 Å². The molecule has 15 heavy (non-hydrogen) atoms. The van der Waals surface area contributed by atoms with Crippen molar-refractivity contribution in [3.8, 4) is 0 Å². The van der Waals surface area contributed by atoms with Crippen molar-refractivity contribution in [3.63, 3.8) is 0 Å². The zero-order valence-electron chi connectivity index (χ0n) is 8.99. The van der Waals surface area contributed by atoms with Crippen molar-refractivity contribution in [2.75, 3.05) is 0 Å². The van der Waals surface area contributed by atoms with Gasteiger partial charge < -0.3 is 9.55 Å². The Morgan fingerprint density at radius 3 is 2.80 bits per heavy atom. The van der Waals surface area contributed by atoms with Crippen LogP contribution >= 0.6 is 0 Å². The Morgan fingerprint density at radius 1 is 1.13 bits per heavy atom. The molecule has 76 valence electrons. The smallest absolute Gasteiger partial charge is 0.0503 e. The Morgan fingerprint density at radius 2 is 2.00 bits per heavy atom. The number of nitrogens with one attached hydrogen (secondary N) is 1. The van der Waals surface area contributed by atoms with E-state index in [2.05, 4.69) is 53.9 Å².